The second-order valence-corrected chi connectivity index (χ2v) is 8.07. The Morgan fingerprint density at radius 3 is 2.14 bits per heavy atom. The molecule has 0 bridgehead atoms. The number of carboxylic acid groups (broad SMARTS) is 1. The van der Waals surface area contributed by atoms with Crippen LogP contribution in [0.3, 0.4) is 0 Å². The number of unbranched alkanes of at least 4 members (excludes halogenated alkanes) is 3. The van der Waals surface area contributed by atoms with Crippen LogP contribution in [0.15, 0.2) is 48.5 Å². The zero-order valence-corrected chi connectivity index (χ0v) is 20.9. The molecule has 0 aliphatic heterocycles. The number of nitrogens with zero attached hydrogens (tertiary/aromatic N) is 1. The normalized spacial score (nSPS) is 11.5. The van der Waals surface area contributed by atoms with Crippen molar-refractivity contribution in [3.8, 4) is 17.2 Å². The molecular formula is C27H37NO7. The van der Waals surface area contributed by atoms with Crippen molar-refractivity contribution in [3.63, 3.8) is 0 Å². The third-order valence-electron chi connectivity index (χ3n) is 5.42. The number of carbonyl (C=O) groups excluding carboxylic acids is 1. The highest BCUT2D eigenvalue weighted by Gasteiger charge is 2.18. The second kappa shape index (κ2) is 15.6. The van der Waals surface area contributed by atoms with Gasteiger partial charge < -0.3 is 29.0 Å². The molecule has 2 aromatic carbocycles. The van der Waals surface area contributed by atoms with Crippen LogP contribution < -0.4 is 14.2 Å². The third-order valence-corrected chi connectivity index (χ3v) is 5.42. The first-order chi connectivity index (χ1) is 17.0. The van der Waals surface area contributed by atoms with Crippen molar-refractivity contribution in [2.75, 3.05) is 33.4 Å². The van der Waals surface area contributed by atoms with Gasteiger partial charge in [-0.1, -0.05) is 38.3 Å². The summed E-state index contributed by atoms with van der Waals surface area (Å²) < 4.78 is 21.8. The van der Waals surface area contributed by atoms with Crippen LogP contribution in [-0.4, -0.2) is 61.6 Å². The molecule has 0 saturated carbocycles. The number of carboxylic acids is 1. The van der Waals surface area contributed by atoms with E-state index in [9.17, 15) is 14.7 Å². The van der Waals surface area contributed by atoms with Gasteiger partial charge in [0, 0.05) is 19.6 Å². The topological polar surface area (TPSA) is 94.5 Å². The van der Waals surface area contributed by atoms with Crippen molar-refractivity contribution in [1.82, 2.24) is 4.90 Å². The van der Waals surface area contributed by atoms with Crippen LogP contribution in [0.4, 0.5) is 4.79 Å². The second-order valence-electron chi connectivity index (χ2n) is 8.07. The monoisotopic (exact) mass is 487 g/mol. The summed E-state index contributed by atoms with van der Waals surface area (Å²) in [6.07, 6.45) is 3.18. The van der Waals surface area contributed by atoms with E-state index in [1.165, 1.54) is 0 Å². The minimum Gasteiger partial charge on any atom is -0.497 e. The maximum absolute atomic E-state index is 12.8. The van der Waals surface area contributed by atoms with Crippen molar-refractivity contribution < 1.29 is 33.6 Å². The van der Waals surface area contributed by atoms with Gasteiger partial charge in [-0.2, -0.15) is 0 Å². The molecule has 192 valence electrons. The van der Waals surface area contributed by atoms with Gasteiger partial charge in [0.25, 0.3) is 0 Å². The molecule has 1 atom stereocenters. The average Bonchev–Trinajstić information content (AvgIpc) is 2.86. The van der Waals surface area contributed by atoms with E-state index in [0.29, 0.717) is 43.6 Å². The van der Waals surface area contributed by atoms with Gasteiger partial charge >= 0.3 is 12.1 Å². The highest BCUT2D eigenvalue weighted by molar-refractivity contribution is 5.72. The van der Waals surface area contributed by atoms with Crippen LogP contribution >= 0.6 is 0 Å². The molecule has 8 heteroatoms. The number of aliphatic carboxylic acids is 1. The van der Waals surface area contributed by atoms with Gasteiger partial charge in [0.1, 0.15) is 23.9 Å². The molecule has 35 heavy (non-hydrogen) atoms. The number of ether oxygens (including phenoxy) is 4. The summed E-state index contributed by atoms with van der Waals surface area (Å²) in [5.41, 5.74) is 0.846. The molecule has 0 aliphatic carbocycles. The predicted molar refractivity (Wildman–Crippen MR) is 133 cm³/mol. The lowest BCUT2D eigenvalue weighted by molar-refractivity contribution is -0.149. The lowest BCUT2D eigenvalue weighted by atomic mass is 10.1. The third kappa shape index (κ3) is 10.3. The molecule has 1 amide bonds. The van der Waals surface area contributed by atoms with Gasteiger partial charge in [-0.3, -0.25) is 0 Å². The molecule has 2 rings (SSSR count). The van der Waals surface area contributed by atoms with Crippen LogP contribution in [0, 0.1) is 0 Å². The van der Waals surface area contributed by atoms with E-state index >= 15 is 0 Å². The van der Waals surface area contributed by atoms with Gasteiger partial charge in [-0.25, -0.2) is 9.59 Å². The molecule has 1 unspecified atom stereocenters. The van der Waals surface area contributed by atoms with Crippen LogP contribution in [0.25, 0.3) is 0 Å². The number of carbonyl (C=O) groups is 2. The van der Waals surface area contributed by atoms with E-state index in [4.69, 9.17) is 18.9 Å². The fourth-order valence-corrected chi connectivity index (χ4v) is 3.46. The highest BCUT2D eigenvalue weighted by Crippen LogP contribution is 2.18. The first-order valence-electron chi connectivity index (χ1n) is 12.1. The van der Waals surface area contributed by atoms with Crippen molar-refractivity contribution in [2.24, 2.45) is 0 Å². The number of amides is 1. The summed E-state index contributed by atoms with van der Waals surface area (Å²) >= 11 is 0. The molecule has 0 aliphatic rings. The molecule has 0 spiro atoms. The first-order valence-corrected chi connectivity index (χ1v) is 12.1. The van der Waals surface area contributed by atoms with Gasteiger partial charge in [0.2, 0.25) is 0 Å². The minimum atomic E-state index is -0.979. The first kappa shape index (κ1) is 28.0. The zero-order chi connectivity index (χ0) is 25.5. The van der Waals surface area contributed by atoms with Crippen molar-refractivity contribution in [1.29, 1.82) is 0 Å². The highest BCUT2D eigenvalue weighted by atomic mass is 16.6. The molecule has 0 fully saturated rings. The maximum Gasteiger partial charge on any atom is 0.415 e. The van der Waals surface area contributed by atoms with Crippen molar-refractivity contribution >= 4 is 12.1 Å². The van der Waals surface area contributed by atoms with Crippen LogP contribution in [0.1, 0.15) is 45.1 Å². The number of hydrogen-bond donors (Lipinski definition) is 1. The van der Waals surface area contributed by atoms with Gasteiger partial charge in [0.15, 0.2) is 6.10 Å². The molecule has 0 saturated heterocycles. The van der Waals surface area contributed by atoms with Crippen molar-refractivity contribution in [3.05, 3.63) is 54.1 Å². The summed E-state index contributed by atoms with van der Waals surface area (Å²) in [4.78, 5) is 25.7. The van der Waals surface area contributed by atoms with E-state index < -0.39 is 18.2 Å². The molecule has 1 N–H and O–H groups in total. The summed E-state index contributed by atoms with van der Waals surface area (Å²) in [7, 11) is 1.58. The molecule has 0 heterocycles. The molecule has 8 nitrogen and oxygen atoms in total. The quantitative estimate of drug-likeness (QED) is 0.326. The summed E-state index contributed by atoms with van der Waals surface area (Å²) in [6.45, 7) is 5.54. The SMILES string of the molecule is CCCCCCN(CCOc1ccc(CC(OCC)C(=O)O)cc1)C(=O)Oc1ccc(OC)cc1. The van der Waals surface area contributed by atoms with E-state index in [2.05, 4.69) is 6.92 Å². The van der Waals surface area contributed by atoms with E-state index in [-0.39, 0.29) is 6.42 Å². The Labute approximate surface area is 207 Å². The summed E-state index contributed by atoms with van der Waals surface area (Å²) in [6, 6.07) is 14.1. The Bertz CT molecular complexity index is 883. The Kier molecular flexibility index (Phi) is 12.5. The lowest BCUT2D eigenvalue weighted by Crippen LogP contribution is -2.37. The Balaban J connectivity index is 1.90. The maximum atomic E-state index is 12.8. The molecular weight excluding hydrogens is 450 g/mol. The van der Waals surface area contributed by atoms with Gasteiger partial charge in [-0.15, -0.1) is 0 Å². The molecule has 0 aromatic heterocycles. The Morgan fingerprint density at radius 2 is 1.54 bits per heavy atom. The minimum absolute atomic E-state index is 0.284. The van der Waals surface area contributed by atoms with E-state index in [1.54, 1.807) is 55.3 Å². The largest absolute Gasteiger partial charge is 0.497 e. The summed E-state index contributed by atoms with van der Waals surface area (Å²) in [5, 5.41) is 9.24. The average molecular weight is 488 g/mol. The predicted octanol–water partition coefficient (Wildman–Crippen LogP) is 5.19. The number of rotatable bonds is 16. The van der Waals surface area contributed by atoms with Crippen LogP contribution in [0.2, 0.25) is 0 Å². The number of benzene rings is 2. The fourth-order valence-electron chi connectivity index (χ4n) is 3.46. The lowest BCUT2D eigenvalue weighted by Gasteiger charge is -2.22. The number of hydrogen-bond acceptors (Lipinski definition) is 6. The smallest absolute Gasteiger partial charge is 0.415 e. The van der Waals surface area contributed by atoms with Crippen LogP contribution in [0.5, 0.6) is 17.2 Å². The van der Waals surface area contributed by atoms with Crippen LogP contribution in [-0.2, 0) is 16.0 Å². The fraction of sp³-hybridized carbons (Fsp3) is 0.481. The molecule has 2 aromatic rings. The summed E-state index contributed by atoms with van der Waals surface area (Å²) in [5.74, 6) is 0.814. The number of methoxy groups -OCH3 is 1. The van der Waals surface area contributed by atoms with E-state index in [1.807, 2.05) is 12.1 Å². The van der Waals surface area contributed by atoms with Gasteiger partial charge in [0.05, 0.1) is 13.7 Å². The zero-order valence-electron chi connectivity index (χ0n) is 20.9. The Morgan fingerprint density at radius 1 is 0.886 bits per heavy atom. The van der Waals surface area contributed by atoms with E-state index in [0.717, 1.165) is 31.2 Å². The van der Waals surface area contributed by atoms with Gasteiger partial charge in [-0.05, 0) is 55.3 Å². The Hall–Kier alpha value is -3.26. The standard InChI is InChI=1S/C27H37NO7/c1-4-6-7-8-17-28(27(31)35-24-15-13-22(32-3)14-16-24)18-19-34-23-11-9-21(10-12-23)20-25(26(29)30)33-5-2/h9-16,25H,4-8,17-20H2,1-3H3,(H,29,30). The molecule has 0 radical (unpaired) electrons. The van der Waals surface area contributed by atoms with Crippen molar-refractivity contribution in [2.45, 2.75) is 52.1 Å².